The molecule has 1 N–H and O–H groups in total. The van der Waals surface area contributed by atoms with Gasteiger partial charge in [0.15, 0.2) is 11.0 Å². The third kappa shape index (κ3) is 5.05. The van der Waals surface area contributed by atoms with Crippen molar-refractivity contribution < 1.29 is 4.79 Å². The van der Waals surface area contributed by atoms with Crippen molar-refractivity contribution in [2.75, 3.05) is 11.1 Å². The lowest BCUT2D eigenvalue weighted by molar-refractivity contribution is -0.113. The van der Waals surface area contributed by atoms with Crippen LogP contribution >= 0.6 is 35.0 Å². The highest BCUT2D eigenvalue weighted by Gasteiger charge is 2.19. The molecule has 5 aromatic rings. The second-order valence-corrected chi connectivity index (χ2v) is 9.75. The van der Waals surface area contributed by atoms with Gasteiger partial charge in [0.25, 0.3) is 0 Å². The number of nitrogens with one attached hydrogen (secondary N) is 1. The minimum absolute atomic E-state index is 0.128. The van der Waals surface area contributed by atoms with Crippen molar-refractivity contribution in [3.8, 4) is 17.1 Å². The molecule has 5 nitrogen and oxygen atoms in total. The first-order valence-corrected chi connectivity index (χ1v) is 12.6. The number of thioether (sulfide) groups is 1. The largest absolute Gasteiger partial charge is 0.325 e. The molecule has 8 heteroatoms. The average Bonchev–Trinajstić information content (AvgIpc) is 3.27. The lowest BCUT2D eigenvalue weighted by atomic mass is 10.1. The molecule has 1 aromatic heterocycles. The van der Waals surface area contributed by atoms with E-state index in [9.17, 15) is 4.79 Å². The highest BCUT2D eigenvalue weighted by atomic mass is 35.5. The summed E-state index contributed by atoms with van der Waals surface area (Å²) in [4.78, 5) is 12.9. The summed E-state index contributed by atoms with van der Waals surface area (Å²) in [5.74, 6) is 0.618. The fourth-order valence-corrected chi connectivity index (χ4v) is 5.10. The number of hydrogen-bond donors (Lipinski definition) is 1. The lowest BCUT2D eigenvalue weighted by Gasteiger charge is -2.12. The Morgan fingerprint density at radius 2 is 1.74 bits per heavy atom. The van der Waals surface area contributed by atoms with Gasteiger partial charge in [0, 0.05) is 27.3 Å². The Labute approximate surface area is 217 Å². The van der Waals surface area contributed by atoms with E-state index in [0.29, 0.717) is 26.6 Å². The molecule has 0 bridgehead atoms. The molecule has 1 heterocycles. The monoisotopic (exact) mass is 518 g/mol. The molecule has 174 valence electrons. The van der Waals surface area contributed by atoms with Crippen LogP contribution in [0.2, 0.25) is 10.0 Å². The van der Waals surface area contributed by atoms with Gasteiger partial charge in [-0.2, -0.15) is 0 Å². The summed E-state index contributed by atoms with van der Waals surface area (Å²) in [6.45, 7) is 2.02. The highest BCUT2D eigenvalue weighted by molar-refractivity contribution is 7.99. The van der Waals surface area contributed by atoms with Crippen LogP contribution in [0.1, 0.15) is 5.56 Å². The van der Waals surface area contributed by atoms with Crippen LogP contribution in [0.4, 0.5) is 5.69 Å². The van der Waals surface area contributed by atoms with Crippen LogP contribution in [0, 0.1) is 6.92 Å². The van der Waals surface area contributed by atoms with Crippen molar-refractivity contribution in [3.63, 3.8) is 0 Å². The van der Waals surface area contributed by atoms with Crippen molar-refractivity contribution >= 4 is 57.3 Å². The summed E-state index contributed by atoms with van der Waals surface area (Å²) in [6.07, 6.45) is 0. The van der Waals surface area contributed by atoms with Gasteiger partial charge < -0.3 is 5.32 Å². The Morgan fingerprint density at radius 1 is 0.943 bits per heavy atom. The van der Waals surface area contributed by atoms with Crippen LogP contribution < -0.4 is 5.32 Å². The Balaban J connectivity index is 1.44. The maximum Gasteiger partial charge on any atom is 0.234 e. The number of halogens is 2. The minimum Gasteiger partial charge on any atom is -0.325 e. The standard InChI is InChI=1S/C27H20Cl2N4OS/c1-17-6-4-9-20(14-17)33-26(22-13-12-19(28)15-23(22)29)31-32-27(33)35-16-25(34)30-24-11-5-8-18-7-2-3-10-21(18)24/h2-15H,16H2,1H3,(H,30,34). The number of carbonyl (C=O) groups is 1. The number of amides is 1. The molecule has 0 fully saturated rings. The Morgan fingerprint density at radius 3 is 2.57 bits per heavy atom. The number of nitrogens with zero attached hydrogens (tertiary/aromatic N) is 3. The van der Waals surface area contributed by atoms with E-state index in [-0.39, 0.29) is 11.7 Å². The molecule has 4 aromatic carbocycles. The molecule has 0 aliphatic rings. The highest BCUT2D eigenvalue weighted by Crippen LogP contribution is 2.34. The Hall–Kier alpha value is -3.32. The summed E-state index contributed by atoms with van der Waals surface area (Å²) in [6, 6.07) is 27.1. The predicted molar refractivity (Wildman–Crippen MR) is 145 cm³/mol. The van der Waals surface area contributed by atoms with Gasteiger partial charge in [0.1, 0.15) is 0 Å². The third-order valence-electron chi connectivity index (χ3n) is 5.46. The van der Waals surface area contributed by atoms with Gasteiger partial charge in [0.05, 0.1) is 10.8 Å². The maximum atomic E-state index is 12.9. The molecule has 0 aliphatic heterocycles. The van der Waals surface area contributed by atoms with E-state index in [1.54, 1.807) is 12.1 Å². The topological polar surface area (TPSA) is 59.8 Å². The molecule has 0 unspecified atom stereocenters. The Bertz CT molecular complexity index is 1540. The summed E-state index contributed by atoms with van der Waals surface area (Å²) in [5, 5.41) is 15.5. The van der Waals surface area contributed by atoms with E-state index in [1.165, 1.54) is 11.8 Å². The molecule has 35 heavy (non-hydrogen) atoms. The first-order valence-electron chi connectivity index (χ1n) is 10.9. The van der Waals surface area contributed by atoms with Crippen LogP contribution in [-0.4, -0.2) is 26.4 Å². The van der Waals surface area contributed by atoms with Crippen LogP contribution in [0.15, 0.2) is 90.1 Å². The van der Waals surface area contributed by atoms with Gasteiger partial charge in [-0.3, -0.25) is 9.36 Å². The van der Waals surface area contributed by atoms with Crippen molar-refractivity contribution in [3.05, 3.63) is 101 Å². The molecule has 0 aliphatic carbocycles. The number of rotatable bonds is 6. The number of aryl methyl sites for hydroxylation is 1. The van der Waals surface area contributed by atoms with Gasteiger partial charge in [-0.1, -0.05) is 83.5 Å². The molecular formula is C27H20Cl2N4OS. The average molecular weight is 519 g/mol. The number of anilines is 1. The summed E-state index contributed by atoms with van der Waals surface area (Å²) < 4.78 is 1.91. The zero-order chi connectivity index (χ0) is 24.4. The minimum atomic E-state index is -0.128. The predicted octanol–water partition coefficient (Wildman–Crippen LogP) is 7.43. The SMILES string of the molecule is Cc1cccc(-n2c(SCC(=O)Nc3cccc4ccccc34)nnc2-c2ccc(Cl)cc2Cl)c1. The van der Waals surface area contributed by atoms with Crippen LogP contribution in [0.3, 0.4) is 0 Å². The van der Waals surface area contributed by atoms with E-state index in [4.69, 9.17) is 23.2 Å². The van der Waals surface area contributed by atoms with Crippen molar-refractivity contribution in [2.45, 2.75) is 12.1 Å². The molecule has 0 saturated heterocycles. The fourth-order valence-electron chi connectivity index (χ4n) is 3.86. The van der Waals surface area contributed by atoms with Crippen LogP contribution in [0.25, 0.3) is 27.8 Å². The third-order valence-corrected chi connectivity index (χ3v) is 6.94. The maximum absolute atomic E-state index is 12.9. The first-order chi connectivity index (χ1) is 17.0. The second kappa shape index (κ2) is 10.1. The normalized spacial score (nSPS) is 11.1. The van der Waals surface area contributed by atoms with Gasteiger partial charge in [0.2, 0.25) is 5.91 Å². The number of fused-ring (bicyclic) bond motifs is 1. The molecule has 0 saturated carbocycles. The molecule has 0 spiro atoms. The number of hydrogen-bond acceptors (Lipinski definition) is 4. The second-order valence-electron chi connectivity index (χ2n) is 7.97. The molecule has 5 rings (SSSR count). The van der Waals surface area contributed by atoms with Gasteiger partial charge in [-0.15, -0.1) is 10.2 Å². The van der Waals surface area contributed by atoms with Crippen LogP contribution in [0.5, 0.6) is 0 Å². The number of carbonyl (C=O) groups excluding carboxylic acids is 1. The lowest BCUT2D eigenvalue weighted by Crippen LogP contribution is -2.14. The van der Waals surface area contributed by atoms with Gasteiger partial charge in [-0.05, 0) is 54.3 Å². The van der Waals surface area contributed by atoms with E-state index in [1.807, 2.05) is 84.3 Å². The molecule has 1 amide bonds. The number of benzene rings is 4. The zero-order valence-corrected chi connectivity index (χ0v) is 21.0. The molecular weight excluding hydrogens is 499 g/mol. The molecule has 0 radical (unpaired) electrons. The summed E-state index contributed by atoms with van der Waals surface area (Å²) >= 11 is 13.9. The zero-order valence-electron chi connectivity index (χ0n) is 18.7. The number of aromatic nitrogens is 3. The summed E-state index contributed by atoms with van der Waals surface area (Å²) in [7, 11) is 0. The molecule has 0 atom stereocenters. The van der Waals surface area contributed by atoms with Gasteiger partial charge >= 0.3 is 0 Å². The van der Waals surface area contributed by atoms with Crippen molar-refractivity contribution in [1.29, 1.82) is 0 Å². The quantitative estimate of drug-likeness (QED) is 0.237. The van der Waals surface area contributed by atoms with Crippen molar-refractivity contribution in [2.24, 2.45) is 0 Å². The smallest absolute Gasteiger partial charge is 0.234 e. The summed E-state index contributed by atoms with van der Waals surface area (Å²) in [5.41, 5.74) is 3.46. The van der Waals surface area contributed by atoms with E-state index in [2.05, 4.69) is 15.5 Å². The first kappa shape index (κ1) is 23.4. The van der Waals surface area contributed by atoms with E-state index < -0.39 is 0 Å². The van der Waals surface area contributed by atoms with E-state index in [0.717, 1.165) is 27.7 Å². The van der Waals surface area contributed by atoms with Crippen LogP contribution in [-0.2, 0) is 4.79 Å². The van der Waals surface area contributed by atoms with E-state index >= 15 is 0 Å². The van der Waals surface area contributed by atoms with Gasteiger partial charge in [-0.25, -0.2) is 0 Å². The Kier molecular flexibility index (Phi) is 6.77. The fraction of sp³-hybridized carbons (Fsp3) is 0.0741. The van der Waals surface area contributed by atoms with Crippen molar-refractivity contribution in [1.82, 2.24) is 14.8 Å².